The van der Waals surface area contributed by atoms with Gasteiger partial charge in [-0.3, -0.25) is 19.5 Å². The van der Waals surface area contributed by atoms with Gasteiger partial charge in [0.05, 0.1) is 12.7 Å². The van der Waals surface area contributed by atoms with Crippen molar-refractivity contribution in [1.82, 2.24) is 4.90 Å². The molecule has 2 aliphatic heterocycles. The zero-order chi connectivity index (χ0) is 16.4. The van der Waals surface area contributed by atoms with Crippen LogP contribution in [0.25, 0.3) is 0 Å². The molecule has 2 aliphatic rings. The number of thioether (sulfide) groups is 1. The van der Waals surface area contributed by atoms with Crippen molar-refractivity contribution < 1.29 is 19.1 Å². The third-order valence-corrected chi connectivity index (χ3v) is 5.54. The highest BCUT2D eigenvalue weighted by atomic mass is 32.2. The van der Waals surface area contributed by atoms with Gasteiger partial charge in [0.25, 0.3) is 0 Å². The van der Waals surface area contributed by atoms with Gasteiger partial charge in [0.1, 0.15) is 10.3 Å². The Kier molecular flexibility index (Phi) is 4.67. The summed E-state index contributed by atoms with van der Waals surface area (Å²) in [6.07, 6.45) is 0.907. The van der Waals surface area contributed by atoms with Gasteiger partial charge in [0.2, 0.25) is 11.8 Å². The van der Waals surface area contributed by atoms with Crippen molar-refractivity contribution >= 4 is 51.1 Å². The van der Waals surface area contributed by atoms with Crippen molar-refractivity contribution in [3.05, 3.63) is 17.0 Å². The first-order valence-corrected chi connectivity index (χ1v) is 8.84. The Balaban J connectivity index is 1.63. The number of ether oxygens (including phenoxy) is 1. The highest BCUT2D eigenvalue weighted by Crippen LogP contribution is 2.32. The number of methoxy groups -OCH3 is 1. The smallest absolute Gasteiger partial charge is 0.340 e. The molecule has 3 rings (SSSR count). The maximum Gasteiger partial charge on any atom is 0.340 e. The molecule has 0 saturated carbocycles. The van der Waals surface area contributed by atoms with Gasteiger partial charge in [-0.2, -0.15) is 0 Å². The number of carbonyl (C=O) groups is 3. The van der Waals surface area contributed by atoms with E-state index < -0.39 is 11.2 Å². The topological polar surface area (TPSA) is 88.1 Å². The molecular formula is C14H15N3O4S2. The average molecular weight is 353 g/mol. The lowest BCUT2D eigenvalue weighted by Gasteiger charge is -2.19. The summed E-state index contributed by atoms with van der Waals surface area (Å²) in [5.74, 6) is -0.869. The van der Waals surface area contributed by atoms with Gasteiger partial charge in [-0.25, -0.2) is 4.79 Å². The number of hydrogen-bond donors (Lipinski definition) is 1. The summed E-state index contributed by atoms with van der Waals surface area (Å²) < 4.78 is 4.67. The SMILES string of the molecule is COC(=O)c1ccsc1NC(=O)CC1SC2=NCCCN2C1=O. The van der Waals surface area contributed by atoms with Gasteiger partial charge in [-0.05, 0) is 17.9 Å². The fourth-order valence-corrected chi connectivity index (χ4v) is 4.38. The summed E-state index contributed by atoms with van der Waals surface area (Å²) in [4.78, 5) is 42.0. The molecule has 1 N–H and O–H groups in total. The molecule has 9 heteroatoms. The standard InChI is InChI=1S/C14H15N3O4S2/c1-21-13(20)8-3-6-22-11(8)16-10(18)7-9-12(19)17-5-2-4-15-14(17)23-9/h3,6,9H,2,4-5,7H2,1H3,(H,16,18). The number of esters is 1. The molecule has 0 bridgehead atoms. The van der Waals surface area contributed by atoms with Gasteiger partial charge in [-0.1, -0.05) is 11.8 Å². The molecule has 122 valence electrons. The first kappa shape index (κ1) is 16.0. The number of fused-ring (bicyclic) bond motifs is 1. The fourth-order valence-electron chi connectivity index (χ4n) is 2.39. The molecule has 1 aromatic rings. The van der Waals surface area contributed by atoms with E-state index >= 15 is 0 Å². The van der Waals surface area contributed by atoms with E-state index in [1.807, 2.05) is 0 Å². The molecule has 0 aromatic carbocycles. The molecule has 0 spiro atoms. The number of thiophene rings is 1. The maximum atomic E-state index is 12.3. The molecule has 0 aliphatic carbocycles. The summed E-state index contributed by atoms with van der Waals surface area (Å²) in [5.41, 5.74) is 0.318. The fraction of sp³-hybridized carbons (Fsp3) is 0.429. The maximum absolute atomic E-state index is 12.3. The normalized spacial score (nSPS) is 20.0. The second-order valence-electron chi connectivity index (χ2n) is 5.02. The van der Waals surface area contributed by atoms with Gasteiger partial charge < -0.3 is 10.1 Å². The molecule has 23 heavy (non-hydrogen) atoms. The molecule has 2 amide bonds. The lowest BCUT2D eigenvalue weighted by Crippen LogP contribution is -2.36. The van der Waals surface area contributed by atoms with Crippen molar-refractivity contribution in [2.24, 2.45) is 4.99 Å². The van der Waals surface area contributed by atoms with Crippen LogP contribution in [0.4, 0.5) is 5.00 Å². The molecule has 0 radical (unpaired) electrons. The summed E-state index contributed by atoms with van der Waals surface area (Å²) in [6, 6.07) is 1.59. The number of nitrogens with one attached hydrogen (secondary N) is 1. The van der Waals surface area contributed by atoms with Crippen LogP contribution in [0.5, 0.6) is 0 Å². The van der Waals surface area contributed by atoms with Gasteiger partial charge in [0.15, 0.2) is 5.17 Å². The van der Waals surface area contributed by atoms with Crippen LogP contribution < -0.4 is 5.32 Å². The van der Waals surface area contributed by atoms with E-state index in [4.69, 9.17) is 0 Å². The molecule has 1 aromatic heterocycles. The average Bonchev–Trinajstić information content (AvgIpc) is 3.12. The molecule has 1 fully saturated rings. The van der Waals surface area contributed by atoms with E-state index in [1.54, 1.807) is 16.3 Å². The third-order valence-electron chi connectivity index (χ3n) is 3.50. The van der Waals surface area contributed by atoms with Crippen LogP contribution in [0.3, 0.4) is 0 Å². The van der Waals surface area contributed by atoms with Crippen LogP contribution in [-0.4, -0.2) is 53.3 Å². The predicted molar refractivity (Wildman–Crippen MR) is 88.9 cm³/mol. The van der Waals surface area contributed by atoms with Crippen LogP contribution in [0, 0.1) is 0 Å². The monoisotopic (exact) mass is 353 g/mol. The largest absolute Gasteiger partial charge is 0.465 e. The first-order valence-electron chi connectivity index (χ1n) is 7.08. The minimum atomic E-state index is -0.501. The summed E-state index contributed by atoms with van der Waals surface area (Å²) in [5, 5.41) is 5.09. The highest BCUT2D eigenvalue weighted by Gasteiger charge is 2.39. The lowest BCUT2D eigenvalue weighted by molar-refractivity contribution is -0.128. The molecule has 3 heterocycles. The van der Waals surface area contributed by atoms with Crippen molar-refractivity contribution in [2.45, 2.75) is 18.1 Å². The van der Waals surface area contributed by atoms with Gasteiger partial charge in [-0.15, -0.1) is 11.3 Å². The molecule has 7 nitrogen and oxygen atoms in total. The zero-order valence-electron chi connectivity index (χ0n) is 12.4. The minimum Gasteiger partial charge on any atom is -0.465 e. The summed E-state index contributed by atoms with van der Waals surface area (Å²) in [6.45, 7) is 1.39. The minimum absolute atomic E-state index is 0.0531. The van der Waals surface area contributed by atoms with Crippen molar-refractivity contribution in [3.63, 3.8) is 0 Å². The Labute approximate surface area is 141 Å². The van der Waals surface area contributed by atoms with Crippen molar-refractivity contribution in [2.75, 3.05) is 25.5 Å². The Morgan fingerprint density at radius 2 is 2.35 bits per heavy atom. The molecule has 1 saturated heterocycles. The Morgan fingerprint density at radius 1 is 1.52 bits per heavy atom. The van der Waals surface area contributed by atoms with E-state index in [0.29, 0.717) is 22.3 Å². The van der Waals surface area contributed by atoms with Gasteiger partial charge >= 0.3 is 5.97 Å². The van der Waals surface area contributed by atoms with Gasteiger partial charge in [0, 0.05) is 19.5 Å². The molecule has 1 atom stereocenters. The van der Waals surface area contributed by atoms with E-state index in [2.05, 4.69) is 15.0 Å². The number of anilines is 1. The lowest BCUT2D eigenvalue weighted by atomic mass is 10.2. The quantitative estimate of drug-likeness (QED) is 0.830. The summed E-state index contributed by atoms with van der Waals surface area (Å²) in [7, 11) is 1.29. The molecule has 1 unspecified atom stereocenters. The van der Waals surface area contributed by atoms with Crippen LogP contribution in [0.15, 0.2) is 16.4 Å². The second kappa shape index (κ2) is 6.71. The van der Waals surface area contributed by atoms with Crippen LogP contribution in [0.2, 0.25) is 0 Å². The van der Waals surface area contributed by atoms with E-state index in [-0.39, 0.29) is 18.2 Å². The van der Waals surface area contributed by atoms with Crippen LogP contribution in [0.1, 0.15) is 23.2 Å². The number of carbonyl (C=O) groups excluding carboxylic acids is 3. The highest BCUT2D eigenvalue weighted by molar-refractivity contribution is 8.15. The number of rotatable bonds is 4. The number of hydrogen-bond acceptors (Lipinski definition) is 7. The van der Waals surface area contributed by atoms with E-state index in [9.17, 15) is 14.4 Å². The summed E-state index contributed by atoms with van der Waals surface area (Å²) >= 11 is 2.58. The van der Waals surface area contributed by atoms with E-state index in [0.717, 1.165) is 13.0 Å². The second-order valence-corrected chi connectivity index (χ2v) is 7.11. The van der Waals surface area contributed by atoms with Crippen molar-refractivity contribution in [3.8, 4) is 0 Å². The number of aliphatic imine (C=N–C) groups is 1. The first-order chi connectivity index (χ1) is 11.1. The molecular weight excluding hydrogens is 338 g/mol. The number of nitrogens with zero attached hydrogens (tertiary/aromatic N) is 2. The Hall–Kier alpha value is -1.87. The van der Waals surface area contributed by atoms with Crippen LogP contribution in [-0.2, 0) is 14.3 Å². The Bertz CT molecular complexity index is 685. The van der Waals surface area contributed by atoms with Crippen molar-refractivity contribution in [1.29, 1.82) is 0 Å². The number of amidine groups is 1. The van der Waals surface area contributed by atoms with Crippen LogP contribution >= 0.6 is 23.1 Å². The zero-order valence-corrected chi connectivity index (χ0v) is 14.0. The number of amides is 2. The predicted octanol–water partition coefficient (Wildman–Crippen LogP) is 1.57. The third kappa shape index (κ3) is 3.25. The Morgan fingerprint density at radius 3 is 3.09 bits per heavy atom. The van der Waals surface area contributed by atoms with E-state index in [1.165, 1.54) is 30.2 Å².